The summed E-state index contributed by atoms with van der Waals surface area (Å²) in [5.41, 5.74) is 4.47. The van der Waals surface area contributed by atoms with Gasteiger partial charge in [0.15, 0.2) is 0 Å². The molecule has 8 heteroatoms. The van der Waals surface area contributed by atoms with Crippen LogP contribution in [0.5, 0.6) is 0 Å². The Hall–Kier alpha value is -3.83. The van der Waals surface area contributed by atoms with E-state index in [1.165, 1.54) is 23.2 Å². The number of hydrogen-bond acceptors (Lipinski definition) is 4. The molecule has 1 atom stereocenters. The Morgan fingerprint density at radius 1 is 0.966 bits per heavy atom. The normalized spacial score (nSPS) is 10.8. The molecule has 0 saturated carbocycles. The van der Waals surface area contributed by atoms with E-state index in [1.807, 2.05) is 29.6 Å². The van der Waals surface area contributed by atoms with Crippen LogP contribution in [0, 0.1) is 11.8 Å². The van der Waals surface area contributed by atoms with Gasteiger partial charge in [-0.05, 0) is 48.4 Å². The van der Waals surface area contributed by atoms with Crippen LogP contribution in [0.2, 0.25) is 0 Å². The summed E-state index contributed by atoms with van der Waals surface area (Å²) in [6, 6.07) is 13.1. The Bertz CT molecular complexity index is 928. The summed E-state index contributed by atoms with van der Waals surface area (Å²) in [5.74, 6) is 4.52. The first-order valence-electron chi connectivity index (χ1n) is 8.85. The molecule has 29 heavy (non-hydrogen) atoms. The van der Waals surface area contributed by atoms with Gasteiger partial charge in [0, 0.05) is 16.7 Å². The van der Waals surface area contributed by atoms with Gasteiger partial charge >= 0.3 is 6.09 Å². The highest BCUT2D eigenvalue weighted by atomic mass is 16.5. The molecule has 2 aromatic rings. The lowest BCUT2D eigenvalue weighted by Crippen LogP contribution is -2.51. The molecule has 3 amide bonds. The van der Waals surface area contributed by atoms with Crippen LogP contribution in [-0.2, 0) is 11.2 Å². The smallest absolute Gasteiger partial charge is 0.404 e. The maximum Gasteiger partial charge on any atom is 0.404 e. The van der Waals surface area contributed by atoms with Gasteiger partial charge in [-0.3, -0.25) is 14.8 Å². The minimum Gasteiger partial charge on any atom is -0.465 e. The molecule has 0 spiro atoms. The molecule has 2 aromatic carbocycles. The summed E-state index contributed by atoms with van der Waals surface area (Å²) in [6.07, 6.45) is -0.396. The van der Waals surface area contributed by atoms with Crippen LogP contribution in [0.15, 0.2) is 48.5 Å². The van der Waals surface area contributed by atoms with Crippen LogP contribution in [0.25, 0.3) is 0 Å². The Kier molecular flexibility index (Phi) is 7.77. The van der Waals surface area contributed by atoms with E-state index in [0.717, 1.165) is 12.0 Å². The monoisotopic (exact) mass is 395 g/mol. The van der Waals surface area contributed by atoms with Crippen molar-refractivity contribution in [2.45, 2.75) is 19.4 Å². The lowest BCUT2D eigenvalue weighted by Gasteiger charge is -2.16. The number of amides is 3. The molecule has 0 heterocycles. The summed E-state index contributed by atoms with van der Waals surface area (Å²) < 4.78 is 0. The Morgan fingerprint density at radius 3 is 2.00 bits per heavy atom. The van der Waals surface area contributed by atoms with Crippen molar-refractivity contribution in [3.05, 3.63) is 70.8 Å². The molecule has 0 saturated heterocycles. The average Bonchev–Trinajstić information content (AvgIpc) is 2.75. The molecule has 0 aliphatic carbocycles. The zero-order valence-corrected chi connectivity index (χ0v) is 15.7. The van der Waals surface area contributed by atoms with Gasteiger partial charge in [0.2, 0.25) is 0 Å². The van der Waals surface area contributed by atoms with Gasteiger partial charge in [-0.1, -0.05) is 30.9 Å². The van der Waals surface area contributed by atoms with Gasteiger partial charge in [-0.25, -0.2) is 10.3 Å². The summed E-state index contributed by atoms with van der Waals surface area (Å²) in [4.78, 5) is 34.4. The maximum absolute atomic E-state index is 12.3. The van der Waals surface area contributed by atoms with E-state index >= 15 is 0 Å². The molecular weight excluding hydrogens is 374 g/mol. The SMILES string of the molecule is CCc1ccc(C#Cc2ccc(C(=O)N[C@@H](CNC(=O)O)C(=O)NO)cc2)cc1. The Morgan fingerprint density at radius 2 is 1.52 bits per heavy atom. The van der Waals surface area contributed by atoms with Crippen molar-refractivity contribution in [2.75, 3.05) is 6.54 Å². The van der Waals surface area contributed by atoms with Gasteiger partial charge in [0.05, 0.1) is 6.54 Å². The molecule has 0 unspecified atom stereocenters. The van der Waals surface area contributed by atoms with Gasteiger partial charge in [-0.2, -0.15) is 0 Å². The predicted octanol–water partition coefficient (Wildman–Crippen LogP) is 1.52. The number of nitrogens with one attached hydrogen (secondary N) is 3. The zero-order valence-electron chi connectivity index (χ0n) is 15.7. The highest BCUT2D eigenvalue weighted by Crippen LogP contribution is 2.06. The molecule has 8 nitrogen and oxygen atoms in total. The molecule has 0 aromatic heterocycles. The van der Waals surface area contributed by atoms with Crippen molar-refractivity contribution < 1.29 is 24.7 Å². The molecule has 0 fully saturated rings. The van der Waals surface area contributed by atoms with Crippen LogP contribution >= 0.6 is 0 Å². The Balaban J connectivity index is 2.04. The molecular formula is C21H21N3O5. The van der Waals surface area contributed by atoms with Gasteiger partial charge in [0.25, 0.3) is 11.8 Å². The summed E-state index contributed by atoms with van der Waals surface area (Å²) >= 11 is 0. The third kappa shape index (κ3) is 6.68. The molecule has 5 N–H and O–H groups in total. The maximum atomic E-state index is 12.3. The fourth-order valence-corrected chi connectivity index (χ4v) is 2.39. The topological polar surface area (TPSA) is 128 Å². The third-order valence-electron chi connectivity index (χ3n) is 4.05. The quantitative estimate of drug-likeness (QED) is 0.288. The molecule has 0 radical (unpaired) electrons. The van der Waals surface area contributed by atoms with Crippen molar-refractivity contribution in [1.29, 1.82) is 0 Å². The molecule has 0 bridgehead atoms. The van der Waals surface area contributed by atoms with Gasteiger partial charge in [0.1, 0.15) is 6.04 Å². The van der Waals surface area contributed by atoms with Crippen molar-refractivity contribution in [1.82, 2.24) is 16.1 Å². The summed E-state index contributed by atoms with van der Waals surface area (Å²) in [7, 11) is 0. The Labute approximate surface area is 167 Å². The van der Waals surface area contributed by atoms with Crippen molar-refractivity contribution >= 4 is 17.9 Å². The number of aryl methyl sites for hydroxylation is 1. The van der Waals surface area contributed by atoms with Crippen LogP contribution < -0.4 is 16.1 Å². The van der Waals surface area contributed by atoms with Crippen LogP contribution in [0.4, 0.5) is 4.79 Å². The molecule has 2 rings (SSSR count). The minimum atomic E-state index is -1.36. The average molecular weight is 395 g/mol. The number of benzene rings is 2. The summed E-state index contributed by atoms with van der Waals surface area (Å²) in [6.45, 7) is 1.69. The van der Waals surface area contributed by atoms with Crippen molar-refractivity contribution in [2.24, 2.45) is 0 Å². The standard InChI is InChI=1S/C21H21N3O5/c1-2-14-3-5-15(6-4-14)7-8-16-9-11-17(12-10-16)19(25)23-18(20(26)24-29)13-22-21(27)28/h3-6,9-12,18,22,29H,2,13H2,1H3,(H,23,25)(H,24,26)(H,27,28)/t18-/m0/s1. The molecule has 0 aliphatic rings. The number of carbonyl (C=O) groups excluding carboxylic acids is 2. The molecule has 0 aliphatic heterocycles. The fourth-order valence-electron chi connectivity index (χ4n) is 2.39. The van der Waals surface area contributed by atoms with E-state index in [4.69, 9.17) is 10.3 Å². The second-order valence-corrected chi connectivity index (χ2v) is 6.07. The van der Waals surface area contributed by atoms with Crippen LogP contribution in [0.3, 0.4) is 0 Å². The molecule has 150 valence electrons. The van der Waals surface area contributed by atoms with Crippen molar-refractivity contribution in [3.8, 4) is 11.8 Å². The third-order valence-corrected chi connectivity index (χ3v) is 4.05. The summed E-state index contributed by atoms with van der Waals surface area (Å²) in [5, 5.41) is 21.7. The van der Waals surface area contributed by atoms with E-state index in [9.17, 15) is 14.4 Å². The highest BCUT2D eigenvalue weighted by molar-refractivity contribution is 5.97. The lowest BCUT2D eigenvalue weighted by molar-refractivity contribution is -0.131. The number of hydroxylamine groups is 1. The van der Waals surface area contributed by atoms with Gasteiger partial charge < -0.3 is 15.7 Å². The lowest BCUT2D eigenvalue weighted by atomic mass is 10.1. The second-order valence-electron chi connectivity index (χ2n) is 6.07. The number of hydrogen-bond donors (Lipinski definition) is 5. The first-order valence-corrected chi connectivity index (χ1v) is 8.85. The number of carbonyl (C=O) groups is 3. The number of carboxylic acid groups (broad SMARTS) is 1. The van der Waals surface area contributed by atoms with E-state index in [0.29, 0.717) is 5.56 Å². The highest BCUT2D eigenvalue weighted by Gasteiger charge is 2.21. The first-order chi connectivity index (χ1) is 13.9. The van der Waals surface area contributed by atoms with E-state index in [1.54, 1.807) is 12.1 Å². The fraction of sp³-hybridized carbons (Fsp3) is 0.190. The zero-order chi connectivity index (χ0) is 21.2. The van der Waals surface area contributed by atoms with Gasteiger partial charge in [-0.15, -0.1) is 0 Å². The van der Waals surface area contributed by atoms with E-state index in [2.05, 4.69) is 24.1 Å². The largest absolute Gasteiger partial charge is 0.465 e. The minimum absolute atomic E-state index is 0.258. The number of rotatable bonds is 6. The van der Waals surface area contributed by atoms with Crippen LogP contribution in [0.1, 0.15) is 34.0 Å². The van der Waals surface area contributed by atoms with E-state index < -0.39 is 30.5 Å². The first kappa shape index (κ1) is 21.5. The van der Waals surface area contributed by atoms with Crippen LogP contribution in [-0.4, -0.2) is 40.8 Å². The second kappa shape index (κ2) is 10.5. The van der Waals surface area contributed by atoms with Crippen molar-refractivity contribution in [3.63, 3.8) is 0 Å². The van der Waals surface area contributed by atoms with E-state index in [-0.39, 0.29) is 5.56 Å². The predicted molar refractivity (Wildman–Crippen MR) is 105 cm³/mol.